The molecule has 3 aliphatic rings. The number of rotatable bonds is 1. The van der Waals surface area contributed by atoms with E-state index >= 15 is 0 Å². The van der Waals surface area contributed by atoms with Crippen molar-refractivity contribution >= 4 is 40.4 Å². The fraction of sp³-hybridized carbons (Fsp3) is 0.421. The maximum absolute atomic E-state index is 13.4. The Morgan fingerprint density at radius 2 is 1.90 bits per heavy atom. The number of carbonyl (C=O) groups is 1. The van der Waals surface area contributed by atoms with Crippen molar-refractivity contribution in [2.24, 2.45) is 14.1 Å². The summed E-state index contributed by atoms with van der Waals surface area (Å²) in [6.45, 7) is 2.96. The third-order valence-corrected chi connectivity index (χ3v) is 10.7. The van der Waals surface area contributed by atoms with Crippen LogP contribution in [0.2, 0.25) is 5.02 Å². The molecule has 0 saturated carbocycles. The first-order valence-electron chi connectivity index (χ1n) is 17.4. The molecule has 254 valence electrons. The second kappa shape index (κ2) is 12.7. The van der Waals surface area contributed by atoms with Gasteiger partial charge in [-0.2, -0.15) is 10.2 Å². The molecule has 0 unspecified atom stereocenters. The van der Waals surface area contributed by atoms with E-state index in [-0.39, 0.29) is 5.97 Å². The third kappa shape index (κ3) is 5.59. The zero-order valence-electron chi connectivity index (χ0n) is 28.7. The second-order valence-electron chi connectivity index (χ2n) is 13.6. The highest BCUT2D eigenvalue weighted by Gasteiger charge is 2.31. The number of anilines is 1. The highest BCUT2D eigenvalue weighted by atomic mass is 35.5. The summed E-state index contributed by atoms with van der Waals surface area (Å²) in [6, 6.07) is 10.8. The lowest BCUT2D eigenvalue weighted by Gasteiger charge is -2.23. The lowest BCUT2D eigenvalue weighted by Crippen LogP contribution is -2.15. The van der Waals surface area contributed by atoms with Crippen LogP contribution in [0.1, 0.15) is 69.2 Å². The Labute approximate surface area is 291 Å². The molecular formula is C38H43ClN7O3+. The summed E-state index contributed by atoms with van der Waals surface area (Å²) in [5.74, 6) is 0.544. The molecule has 0 radical (unpaired) electrons. The summed E-state index contributed by atoms with van der Waals surface area (Å²) >= 11 is 7.14. The van der Waals surface area contributed by atoms with Crippen LogP contribution < -0.4 is 10.1 Å². The summed E-state index contributed by atoms with van der Waals surface area (Å²) < 4.78 is 20.2. The number of hydrogen-bond donors (Lipinski definition) is 1. The maximum Gasteiger partial charge on any atom is 0.354 e. The number of nitrogens with one attached hydrogen (secondary N) is 1. The van der Waals surface area contributed by atoms with Crippen LogP contribution in [-0.2, 0) is 64.0 Å². The minimum atomic E-state index is -0.362. The molecule has 8 rings (SSSR count). The van der Waals surface area contributed by atoms with E-state index < -0.39 is 0 Å². The number of carbonyl (C=O) groups excluding carboxylic acids is 1. The van der Waals surface area contributed by atoms with Crippen molar-refractivity contribution in [3.8, 4) is 16.9 Å². The highest BCUT2D eigenvalue weighted by Crippen LogP contribution is 2.43. The predicted molar refractivity (Wildman–Crippen MR) is 192 cm³/mol. The molecule has 6 heterocycles. The first-order valence-corrected chi connectivity index (χ1v) is 17.8. The van der Waals surface area contributed by atoms with E-state index in [1.165, 1.54) is 29.6 Å². The van der Waals surface area contributed by atoms with E-state index in [9.17, 15) is 4.79 Å². The van der Waals surface area contributed by atoms with Crippen molar-refractivity contribution in [2.75, 3.05) is 32.6 Å². The van der Waals surface area contributed by atoms with Crippen LogP contribution in [0.3, 0.4) is 0 Å². The number of benzene rings is 2. The topological polar surface area (TPSA) is 91.1 Å². The Balaban J connectivity index is 1.30. The van der Waals surface area contributed by atoms with Gasteiger partial charge < -0.3 is 19.4 Å². The molecular weight excluding hydrogens is 638 g/mol. The van der Waals surface area contributed by atoms with Gasteiger partial charge in [0.2, 0.25) is 0 Å². The van der Waals surface area contributed by atoms with Crippen molar-refractivity contribution in [3.63, 3.8) is 0 Å². The number of aryl methyl sites for hydroxylation is 7. The lowest BCUT2D eigenvalue weighted by molar-refractivity contribution is -0.509. The van der Waals surface area contributed by atoms with E-state index in [4.69, 9.17) is 31.3 Å². The minimum Gasteiger partial charge on any atom is -0.491 e. The van der Waals surface area contributed by atoms with Gasteiger partial charge in [-0.1, -0.05) is 23.7 Å². The zero-order valence-corrected chi connectivity index (χ0v) is 29.5. The fourth-order valence-electron chi connectivity index (χ4n) is 8.14. The van der Waals surface area contributed by atoms with E-state index in [0.29, 0.717) is 30.3 Å². The monoisotopic (exact) mass is 680 g/mol. The second-order valence-corrected chi connectivity index (χ2v) is 14.0. The summed E-state index contributed by atoms with van der Waals surface area (Å²) in [5, 5.41) is 15.2. The van der Waals surface area contributed by atoms with Crippen molar-refractivity contribution < 1.29 is 18.8 Å². The molecule has 0 amide bonds. The third-order valence-electron chi connectivity index (χ3n) is 10.4. The van der Waals surface area contributed by atoms with Crippen molar-refractivity contribution in [2.45, 2.75) is 64.5 Å². The Kier molecular flexibility index (Phi) is 8.22. The summed E-state index contributed by atoms with van der Waals surface area (Å²) in [6.07, 6.45) is 9.35. The molecule has 0 atom stereocenters. The van der Waals surface area contributed by atoms with E-state index in [2.05, 4.69) is 46.0 Å². The van der Waals surface area contributed by atoms with Crippen molar-refractivity contribution in [3.05, 3.63) is 80.5 Å². The predicted octanol–water partition coefficient (Wildman–Crippen LogP) is 5.89. The molecule has 0 aliphatic carbocycles. The van der Waals surface area contributed by atoms with Crippen LogP contribution in [0, 0.1) is 0 Å². The van der Waals surface area contributed by atoms with Gasteiger partial charge in [-0.25, -0.2) is 9.37 Å². The quantitative estimate of drug-likeness (QED) is 0.175. The zero-order chi connectivity index (χ0) is 33.8. The number of aromatic nitrogens is 5. The molecule has 8 bridgehead atoms. The SMILES string of the molecule is COC(=O)c1c2c3ccc(Cl)c(c3n1C)-c1c(nn3c1CCC3)C=[N+](C)Cc1cc(n(C)n1)CCc1cc3c(c(c1)OCCC2)NCCC3. The van der Waals surface area contributed by atoms with Gasteiger partial charge >= 0.3 is 5.97 Å². The van der Waals surface area contributed by atoms with E-state index in [1.807, 2.05) is 35.5 Å². The number of fused-ring (bicyclic) bond motifs is 10. The van der Waals surface area contributed by atoms with Gasteiger partial charge in [0.05, 0.1) is 29.9 Å². The maximum atomic E-state index is 13.4. The van der Waals surface area contributed by atoms with Gasteiger partial charge in [0.15, 0.2) is 18.5 Å². The number of nitrogens with zero attached hydrogens (tertiary/aromatic N) is 6. The van der Waals surface area contributed by atoms with Crippen LogP contribution in [0.5, 0.6) is 5.75 Å². The Morgan fingerprint density at radius 1 is 1.02 bits per heavy atom. The standard InChI is InChI=1S/C38H43ClN7O3/c1-43-21-25-20-26(45(3)41-25)12-11-23-18-24-8-5-15-40-35(24)32(19-23)49-17-7-9-27-28-13-14-29(39)33(36(28)44(2)37(27)38(47)48-4)34-30(22-43)42-46-16-6-10-31(34)46/h13-14,18-20,22,40H,5-12,15-17,21H2,1-4H3/q+1. The van der Waals surface area contributed by atoms with Crippen LogP contribution in [0.4, 0.5) is 5.69 Å². The lowest BCUT2D eigenvalue weighted by atomic mass is 9.97. The fourth-order valence-corrected chi connectivity index (χ4v) is 8.39. The minimum absolute atomic E-state index is 0.362. The smallest absolute Gasteiger partial charge is 0.354 e. The molecule has 0 fully saturated rings. The molecule has 49 heavy (non-hydrogen) atoms. The number of esters is 1. The van der Waals surface area contributed by atoms with Crippen LogP contribution in [0.15, 0.2) is 30.3 Å². The van der Waals surface area contributed by atoms with Gasteiger partial charge in [0, 0.05) is 55.1 Å². The first-order chi connectivity index (χ1) is 23.8. The molecule has 5 aromatic rings. The molecule has 1 N–H and O–H groups in total. The molecule has 11 heteroatoms. The Bertz CT molecular complexity index is 2150. The average molecular weight is 681 g/mol. The number of methoxy groups -OCH3 is 1. The molecule has 3 aromatic heterocycles. The molecule has 2 aromatic carbocycles. The van der Waals surface area contributed by atoms with Gasteiger partial charge in [0.1, 0.15) is 24.2 Å². The Morgan fingerprint density at radius 3 is 2.76 bits per heavy atom. The summed E-state index contributed by atoms with van der Waals surface area (Å²) in [7, 11) is 7.48. The van der Waals surface area contributed by atoms with E-state index in [0.717, 1.165) is 108 Å². The Hall–Kier alpha value is -4.57. The van der Waals surface area contributed by atoms with Crippen molar-refractivity contribution in [1.29, 1.82) is 0 Å². The molecule has 3 aliphatic heterocycles. The molecule has 0 saturated heterocycles. The summed E-state index contributed by atoms with van der Waals surface area (Å²) in [5.41, 5.74) is 12.3. The normalized spacial score (nSPS) is 16.2. The van der Waals surface area contributed by atoms with Crippen molar-refractivity contribution in [1.82, 2.24) is 24.1 Å². The average Bonchev–Trinajstić information content (AvgIpc) is 3.83. The largest absolute Gasteiger partial charge is 0.491 e. The van der Waals surface area contributed by atoms with Gasteiger partial charge in [-0.05, 0) is 86.3 Å². The van der Waals surface area contributed by atoms with Crippen LogP contribution >= 0.6 is 11.6 Å². The number of hydrogen-bond acceptors (Lipinski definition) is 6. The van der Waals surface area contributed by atoms with Gasteiger partial charge in [-0.3, -0.25) is 9.36 Å². The van der Waals surface area contributed by atoms with Gasteiger partial charge in [0.25, 0.3) is 0 Å². The summed E-state index contributed by atoms with van der Waals surface area (Å²) in [4.78, 5) is 13.4. The number of halogens is 1. The molecule has 10 nitrogen and oxygen atoms in total. The highest BCUT2D eigenvalue weighted by molar-refractivity contribution is 6.35. The first kappa shape index (κ1) is 31.7. The van der Waals surface area contributed by atoms with Crippen LogP contribution in [-0.4, -0.2) is 68.2 Å². The van der Waals surface area contributed by atoms with Crippen LogP contribution in [0.25, 0.3) is 22.0 Å². The van der Waals surface area contributed by atoms with E-state index in [1.54, 1.807) is 0 Å². The molecule has 0 spiro atoms. The van der Waals surface area contributed by atoms with Gasteiger partial charge in [-0.15, -0.1) is 0 Å². The number of ether oxygens (including phenoxy) is 2.